The number of nitrogen functional groups attached to an aromatic ring is 1. The highest BCUT2D eigenvalue weighted by Gasteiger charge is 2.10. The maximum absolute atomic E-state index is 7.65. The highest BCUT2D eigenvalue weighted by atomic mass is 16.5. The molecule has 0 aromatic heterocycles. The summed E-state index contributed by atoms with van der Waals surface area (Å²) in [6.07, 6.45) is 0. The van der Waals surface area contributed by atoms with Crippen LogP contribution in [0.25, 0.3) is 10.8 Å². The Morgan fingerprint density at radius 2 is 1.89 bits per heavy atom. The normalized spacial score (nSPS) is 10.6. The molecular weight excluding hydrogens is 238 g/mol. The third-order valence-electron chi connectivity index (χ3n) is 3.23. The zero-order valence-electron chi connectivity index (χ0n) is 11.3. The summed E-state index contributed by atoms with van der Waals surface area (Å²) in [5.74, 6) is 0.0993. The molecule has 0 amide bonds. The molecule has 4 heteroatoms. The summed E-state index contributed by atoms with van der Waals surface area (Å²) in [4.78, 5) is 2.15. The van der Waals surface area contributed by atoms with Crippen LogP contribution < -0.4 is 10.6 Å². The second-order valence-electron chi connectivity index (χ2n) is 4.51. The molecule has 0 spiro atoms. The number of benzene rings is 2. The van der Waals surface area contributed by atoms with Gasteiger partial charge in [-0.3, -0.25) is 5.41 Å². The van der Waals surface area contributed by atoms with E-state index in [0.29, 0.717) is 6.61 Å². The highest BCUT2D eigenvalue weighted by molar-refractivity contribution is 6.10. The van der Waals surface area contributed by atoms with E-state index in [4.69, 9.17) is 15.9 Å². The smallest absolute Gasteiger partial charge is 0.123 e. The Balaban J connectivity index is 2.52. The lowest BCUT2D eigenvalue weighted by Gasteiger charge is -2.21. The van der Waals surface area contributed by atoms with Gasteiger partial charge in [0.05, 0.1) is 6.61 Å². The van der Waals surface area contributed by atoms with Gasteiger partial charge in [-0.15, -0.1) is 0 Å². The fourth-order valence-corrected chi connectivity index (χ4v) is 2.20. The van der Waals surface area contributed by atoms with Crippen LogP contribution in [-0.2, 0) is 4.74 Å². The molecule has 2 aromatic rings. The number of nitrogens with one attached hydrogen (secondary N) is 1. The minimum Gasteiger partial charge on any atom is -0.384 e. The van der Waals surface area contributed by atoms with E-state index in [2.05, 4.69) is 11.0 Å². The number of ether oxygens (including phenoxy) is 1. The Morgan fingerprint density at radius 3 is 2.53 bits per heavy atom. The zero-order chi connectivity index (χ0) is 13.8. The number of hydrogen-bond acceptors (Lipinski definition) is 3. The van der Waals surface area contributed by atoms with E-state index in [0.717, 1.165) is 28.6 Å². The third-order valence-corrected chi connectivity index (χ3v) is 3.23. The molecule has 0 saturated carbocycles. The summed E-state index contributed by atoms with van der Waals surface area (Å²) in [5.41, 5.74) is 7.54. The molecule has 0 atom stereocenters. The Labute approximate surface area is 113 Å². The molecule has 0 aliphatic carbocycles. The first-order chi connectivity index (χ1) is 9.15. The van der Waals surface area contributed by atoms with Crippen molar-refractivity contribution >= 4 is 22.3 Å². The number of amidine groups is 1. The first kappa shape index (κ1) is 13.4. The lowest BCUT2D eigenvalue weighted by Crippen LogP contribution is -2.22. The Bertz CT molecular complexity index is 595. The molecule has 0 bridgehead atoms. The van der Waals surface area contributed by atoms with Crippen molar-refractivity contribution in [2.75, 3.05) is 32.2 Å². The lowest BCUT2D eigenvalue weighted by atomic mass is 10.0. The zero-order valence-corrected chi connectivity index (χ0v) is 11.3. The molecule has 0 heterocycles. The van der Waals surface area contributed by atoms with Crippen molar-refractivity contribution in [1.29, 1.82) is 5.41 Å². The number of nitrogens with two attached hydrogens (primary N) is 1. The van der Waals surface area contributed by atoms with E-state index >= 15 is 0 Å². The van der Waals surface area contributed by atoms with Gasteiger partial charge >= 0.3 is 0 Å². The molecule has 0 saturated heterocycles. The molecule has 0 radical (unpaired) electrons. The minimum atomic E-state index is 0.0993. The van der Waals surface area contributed by atoms with Gasteiger partial charge in [0.15, 0.2) is 0 Å². The lowest BCUT2D eigenvalue weighted by molar-refractivity contribution is 0.206. The number of likely N-dealkylation sites (N-methyl/N-ethyl adjacent to an activating group) is 1. The molecule has 3 N–H and O–H groups in total. The van der Waals surface area contributed by atoms with Gasteiger partial charge in [0, 0.05) is 37.3 Å². The van der Waals surface area contributed by atoms with Crippen LogP contribution in [0.4, 0.5) is 5.69 Å². The van der Waals surface area contributed by atoms with Crippen molar-refractivity contribution in [3.63, 3.8) is 0 Å². The van der Waals surface area contributed by atoms with Crippen LogP contribution in [0.1, 0.15) is 5.56 Å². The largest absolute Gasteiger partial charge is 0.384 e. The van der Waals surface area contributed by atoms with Gasteiger partial charge in [-0.1, -0.05) is 24.3 Å². The predicted molar refractivity (Wildman–Crippen MR) is 80.1 cm³/mol. The molecule has 100 valence electrons. The van der Waals surface area contributed by atoms with Crippen LogP contribution in [0.3, 0.4) is 0 Å². The monoisotopic (exact) mass is 257 g/mol. The molecule has 4 nitrogen and oxygen atoms in total. The van der Waals surface area contributed by atoms with Crippen molar-refractivity contribution < 1.29 is 4.74 Å². The minimum absolute atomic E-state index is 0.0993. The summed E-state index contributed by atoms with van der Waals surface area (Å²) in [5, 5.41) is 9.77. The van der Waals surface area contributed by atoms with Crippen molar-refractivity contribution in [1.82, 2.24) is 0 Å². The van der Waals surface area contributed by atoms with Crippen LogP contribution in [0.15, 0.2) is 36.4 Å². The summed E-state index contributed by atoms with van der Waals surface area (Å²) < 4.78 is 5.11. The second kappa shape index (κ2) is 5.71. The standard InChI is InChI=1S/C15H19N3O/c1-18(9-10-19-2)14-8-7-13(15(16)17)11-5-3-4-6-12(11)14/h3-8H,9-10H2,1-2H3,(H3,16,17). The molecule has 2 rings (SSSR count). The number of methoxy groups -OCH3 is 1. The first-order valence-electron chi connectivity index (χ1n) is 6.21. The Morgan fingerprint density at radius 1 is 1.21 bits per heavy atom. The quantitative estimate of drug-likeness (QED) is 0.637. The second-order valence-corrected chi connectivity index (χ2v) is 4.51. The average molecular weight is 257 g/mol. The van der Waals surface area contributed by atoms with Crippen LogP contribution in [0.2, 0.25) is 0 Å². The van der Waals surface area contributed by atoms with Gasteiger partial charge in [0.25, 0.3) is 0 Å². The van der Waals surface area contributed by atoms with Crippen LogP contribution in [0.5, 0.6) is 0 Å². The van der Waals surface area contributed by atoms with E-state index in [1.54, 1.807) is 7.11 Å². The molecule has 19 heavy (non-hydrogen) atoms. The van der Waals surface area contributed by atoms with Crippen LogP contribution in [0, 0.1) is 5.41 Å². The van der Waals surface area contributed by atoms with Crippen molar-refractivity contribution in [3.8, 4) is 0 Å². The van der Waals surface area contributed by atoms with Crippen molar-refractivity contribution in [3.05, 3.63) is 42.0 Å². The Kier molecular flexibility index (Phi) is 4.02. The number of nitrogens with zero attached hydrogens (tertiary/aromatic N) is 1. The highest BCUT2D eigenvalue weighted by Crippen LogP contribution is 2.28. The molecule has 0 unspecified atom stereocenters. The van der Waals surface area contributed by atoms with Gasteiger partial charge < -0.3 is 15.4 Å². The number of anilines is 1. The SMILES string of the molecule is COCCN(C)c1ccc(C(=N)N)c2ccccc12. The third kappa shape index (κ3) is 2.69. The van der Waals surface area contributed by atoms with Gasteiger partial charge in [-0.25, -0.2) is 0 Å². The van der Waals surface area contributed by atoms with Gasteiger partial charge in [0.2, 0.25) is 0 Å². The molecule has 0 aliphatic rings. The van der Waals surface area contributed by atoms with E-state index in [9.17, 15) is 0 Å². The Hall–Kier alpha value is -2.07. The maximum Gasteiger partial charge on any atom is 0.123 e. The van der Waals surface area contributed by atoms with Gasteiger partial charge in [-0.05, 0) is 17.5 Å². The van der Waals surface area contributed by atoms with Gasteiger partial charge in [-0.2, -0.15) is 0 Å². The topological polar surface area (TPSA) is 62.3 Å². The molecule has 0 aliphatic heterocycles. The van der Waals surface area contributed by atoms with Crippen molar-refractivity contribution in [2.24, 2.45) is 5.73 Å². The molecular formula is C15H19N3O. The van der Waals surface area contributed by atoms with Crippen LogP contribution in [-0.4, -0.2) is 33.1 Å². The van der Waals surface area contributed by atoms with E-state index in [-0.39, 0.29) is 5.84 Å². The summed E-state index contributed by atoms with van der Waals surface area (Å²) in [6.45, 7) is 1.50. The average Bonchev–Trinajstić information content (AvgIpc) is 2.43. The van der Waals surface area contributed by atoms with Gasteiger partial charge in [0.1, 0.15) is 5.84 Å². The fraction of sp³-hybridized carbons (Fsp3) is 0.267. The van der Waals surface area contributed by atoms with E-state index in [1.807, 2.05) is 37.4 Å². The summed E-state index contributed by atoms with van der Waals surface area (Å²) in [7, 11) is 3.74. The number of hydrogen-bond donors (Lipinski definition) is 2. The molecule has 0 fully saturated rings. The predicted octanol–water partition coefficient (Wildman–Crippen LogP) is 2.21. The van der Waals surface area contributed by atoms with Crippen molar-refractivity contribution in [2.45, 2.75) is 0 Å². The van der Waals surface area contributed by atoms with E-state index in [1.165, 1.54) is 0 Å². The summed E-state index contributed by atoms with van der Waals surface area (Å²) >= 11 is 0. The number of rotatable bonds is 5. The maximum atomic E-state index is 7.65. The first-order valence-corrected chi connectivity index (χ1v) is 6.21. The molecule has 2 aromatic carbocycles. The van der Waals surface area contributed by atoms with Crippen LogP contribution >= 0.6 is 0 Å². The summed E-state index contributed by atoms with van der Waals surface area (Å²) in [6, 6.07) is 11.9. The van der Waals surface area contributed by atoms with E-state index < -0.39 is 0 Å². The number of fused-ring (bicyclic) bond motifs is 1. The fourth-order valence-electron chi connectivity index (χ4n) is 2.20.